The lowest BCUT2D eigenvalue weighted by Crippen LogP contribution is -2.31. The van der Waals surface area contributed by atoms with E-state index in [1.807, 2.05) is 49.2 Å². The highest BCUT2D eigenvalue weighted by Gasteiger charge is 2.24. The number of nitrogens with one attached hydrogen (secondary N) is 1. The van der Waals surface area contributed by atoms with Gasteiger partial charge in [-0.2, -0.15) is 0 Å². The van der Waals surface area contributed by atoms with Crippen LogP contribution in [0.4, 0.5) is 10.8 Å². The van der Waals surface area contributed by atoms with Gasteiger partial charge < -0.3 is 4.90 Å². The number of amides is 1. The number of hydrogen-bond acceptors (Lipinski definition) is 7. The second-order valence-electron chi connectivity index (χ2n) is 6.62. The molecule has 1 amide bonds. The topological polar surface area (TPSA) is 92.3 Å². The third-order valence-corrected chi connectivity index (χ3v) is 6.90. The van der Waals surface area contributed by atoms with Crippen molar-refractivity contribution >= 4 is 49.0 Å². The molecule has 0 aliphatic heterocycles. The summed E-state index contributed by atoms with van der Waals surface area (Å²) in [5.41, 5.74) is 2.16. The molecule has 4 rings (SSSR count). The van der Waals surface area contributed by atoms with Gasteiger partial charge in [0.05, 0.1) is 5.52 Å². The first kappa shape index (κ1) is 20.0. The smallest absolute Gasteiger partial charge is 0.284 e. The van der Waals surface area contributed by atoms with Gasteiger partial charge in [0.1, 0.15) is 10.6 Å². The Balaban J connectivity index is 1.60. The maximum atomic E-state index is 12.9. The van der Waals surface area contributed by atoms with Crippen LogP contribution in [0.2, 0.25) is 0 Å². The number of benzene rings is 2. The minimum atomic E-state index is -4.13. The number of fused-ring (bicyclic) bond motifs is 1. The first-order valence-electron chi connectivity index (χ1n) is 9.02. The molecule has 0 atom stereocenters. The molecule has 2 aromatic carbocycles. The Morgan fingerprint density at radius 2 is 1.83 bits per heavy atom. The molecule has 0 bridgehead atoms. The van der Waals surface area contributed by atoms with Gasteiger partial charge in [-0.3, -0.25) is 9.78 Å². The number of pyridine rings is 1. The van der Waals surface area contributed by atoms with Crippen molar-refractivity contribution in [3.8, 4) is 0 Å². The highest BCUT2D eigenvalue weighted by Crippen LogP contribution is 2.27. The first-order chi connectivity index (χ1) is 14.4. The van der Waals surface area contributed by atoms with Gasteiger partial charge in [0.25, 0.3) is 15.9 Å². The molecule has 0 aliphatic rings. The maximum Gasteiger partial charge on any atom is 0.284 e. The lowest BCUT2D eigenvalue weighted by molar-refractivity contribution is 0.0977. The van der Waals surface area contributed by atoms with Crippen LogP contribution in [0.3, 0.4) is 0 Å². The van der Waals surface area contributed by atoms with Gasteiger partial charge >= 0.3 is 0 Å². The number of sulfonamides is 1. The van der Waals surface area contributed by atoms with Crippen LogP contribution in [0.5, 0.6) is 0 Å². The van der Waals surface area contributed by atoms with Gasteiger partial charge in [-0.25, -0.2) is 18.1 Å². The molecule has 0 aliphatic carbocycles. The average molecular weight is 439 g/mol. The predicted octanol–water partition coefficient (Wildman–Crippen LogP) is 3.89. The normalized spacial score (nSPS) is 11.4. The molecule has 0 spiro atoms. The van der Waals surface area contributed by atoms with E-state index in [1.165, 1.54) is 22.8 Å². The van der Waals surface area contributed by atoms with E-state index < -0.39 is 15.9 Å². The number of aromatic nitrogens is 2. The third-order valence-electron chi connectivity index (χ3n) is 4.62. The summed E-state index contributed by atoms with van der Waals surface area (Å²) in [6, 6.07) is 16.2. The number of para-hydroxylation sites is 2. The summed E-state index contributed by atoms with van der Waals surface area (Å²) < 4.78 is 27.9. The molecule has 0 radical (unpaired) electrons. The fourth-order valence-corrected chi connectivity index (χ4v) is 4.94. The fraction of sp³-hybridized carbons (Fsp3) is 0.0952. The lowest BCUT2D eigenvalue weighted by Gasteiger charge is -2.15. The van der Waals surface area contributed by atoms with Gasteiger partial charge in [0.2, 0.25) is 0 Å². The van der Waals surface area contributed by atoms with E-state index in [1.54, 1.807) is 24.4 Å². The standard InChI is InChI=1S/C21H18N4O3S2/c1-14-11-12-22-19-16(14)9-6-10-18(19)30(27,28)24-20(26)17-13-29-21(23-17)25(2)15-7-4-3-5-8-15/h3-13H,1-2H3,(H,24,26). The molecule has 0 saturated carbocycles. The molecule has 30 heavy (non-hydrogen) atoms. The molecule has 0 fully saturated rings. The third kappa shape index (κ3) is 3.77. The van der Waals surface area contributed by atoms with E-state index in [0.29, 0.717) is 16.0 Å². The fourth-order valence-electron chi connectivity index (χ4n) is 3.02. The molecular weight excluding hydrogens is 420 g/mol. The minimum absolute atomic E-state index is 0.0331. The Morgan fingerprint density at radius 3 is 2.60 bits per heavy atom. The van der Waals surface area contributed by atoms with Crippen molar-refractivity contribution in [2.75, 3.05) is 11.9 Å². The van der Waals surface area contributed by atoms with Crippen LogP contribution in [0.25, 0.3) is 10.9 Å². The van der Waals surface area contributed by atoms with Crippen molar-refractivity contribution in [1.82, 2.24) is 14.7 Å². The number of anilines is 2. The van der Waals surface area contributed by atoms with Crippen molar-refractivity contribution in [3.05, 3.63) is 77.4 Å². The van der Waals surface area contributed by atoms with Crippen LogP contribution >= 0.6 is 11.3 Å². The van der Waals surface area contributed by atoms with E-state index in [-0.39, 0.29) is 10.6 Å². The Morgan fingerprint density at radius 1 is 1.07 bits per heavy atom. The number of carbonyl (C=O) groups excluding carboxylic acids is 1. The van der Waals surface area contributed by atoms with Crippen molar-refractivity contribution in [2.24, 2.45) is 0 Å². The molecule has 0 saturated heterocycles. The van der Waals surface area contributed by atoms with E-state index in [4.69, 9.17) is 0 Å². The van der Waals surface area contributed by atoms with Crippen LogP contribution in [-0.2, 0) is 10.0 Å². The molecule has 4 aromatic rings. The number of rotatable bonds is 5. The molecule has 0 unspecified atom stereocenters. The summed E-state index contributed by atoms with van der Waals surface area (Å²) in [5, 5.41) is 2.82. The van der Waals surface area contributed by atoms with Crippen molar-refractivity contribution < 1.29 is 13.2 Å². The highest BCUT2D eigenvalue weighted by molar-refractivity contribution is 7.90. The Kier molecular flexibility index (Phi) is 5.23. The summed E-state index contributed by atoms with van der Waals surface area (Å²) in [6.45, 7) is 1.87. The van der Waals surface area contributed by atoms with E-state index in [9.17, 15) is 13.2 Å². The first-order valence-corrected chi connectivity index (χ1v) is 11.4. The Bertz CT molecular complexity index is 1330. The second kappa shape index (κ2) is 7.85. The molecule has 2 aromatic heterocycles. The minimum Gasteiger partial charge on any atom is -0.321 e. The average Bonchev–Trinajstić information content (AvgIpc) is 3.24. The molecule has 9 heteroatoms. The molecule has 2 heterocycles. The van der Waals surface area contributed by atoms with Crippen LogP contribution in [-0.4, -0.2) is 31.3 Å². The van der Waals surface area contributed by atoms with E-state index in [0.717, 1.165) is 11.3 Å². The van der Waals surface area contributed by atoms with Crippen LogP contribution in [0.15, 0.2) is 71.1 Å². The lowest BCUT2D eigenvalue weighted by atomic mass is 10.1. The van der Waals surface area contributed by atoms with Gasteiger partial charge in [-0.15, -0.1) is 11.3 Å². The maximum absolute atomic E-state index is 12.9. The summed E-state index contributed by atoms with van der Waals surface area (Å²) in [6.07, 6.45) is 1.55. The number of hydrogen-bond donors (Lipinski definition) is 1. The number of carbonyl (C=O) groups is 1. The second-order valence-corrected chi connectivity index (χ2v) is 9.11. The highest BCUT2D eigenvalue weighted by atomic mass is 32.2. The molecular formula is C21H18N4O3S2. The zero-order valence-electron chi connectivity index (χ0n) is 16.2. The number of aryl methyl sites for hydroxylation is 1. The summed E-state index contributed by atoms with van der Waals surface area (Å²) >= 11 is 1.25. The monoisotopic (exact) mass is 438 g/mol. The zero-order valence-corrected chi connectivity index (χ0v) is 17.9. The largest absolute Gasteiger partial charge is 0.321 e. The molecule has 7 nitrogen and oxygen atoms in total. The van der Waals surface area contributed by atoms with E-state index in [2.05, 4.69) is 14.7 Å². The quantitative estimate of drug-likeness (QED) is 0.508. The van der Waals surface area contributed by atoms with Crippen LogP contribution < -0.4 is 9.62 Å². The number of nitrogens with zero attached hydrogens (tertiary/aromatic N) is 3. The summed E-state index contributed by atoms with van der Waals surface area (Å²) in [7, 11) is -2.30. The van der Waals surface area contributed by atoms with Crippen LogP contribution in [0, 0.1) is 6.92 Å². The van der Waals surface area contributed by atoms with Crippen molar-refractivity contribution in [1.29, 1.82) is 0 Å². The van der Waals surface area contributed by atoms with Gasteiger partial charge in [0.15, 0.2) is 5.13 Å². The van der Waals surface area contributed by atoms with Gasteiger partial charge in [-0.05, 0) is 36.8 Å². The van der Waals surface area contributed by atoms with Crippen molar-refractivity contribution in [3.63, 3.8) is 0 Å². The molecule has 152 valence electrons. The number of thiazole rings is 1. The van der Waals surface area contributed by atoms with Crippen LogP contribution in [0.1, 0.15) is 16.1 Å². The predicted molar refractivity (Wildman–Crippen MR) is 118 cm³/mol. The Hall–Kier alpha value is -3.30. The van der Waals surface area contributed by atoms with E-state index >= 15 is 0 Å². The summed E-state index contributed by atoms with van der Waals surface area (Å²) in [4.78, 5) is 22.9. The summed E-state index contributed by atoms with van der Waals surface area (Å²) in [5.74, 6) is -0.788. The van der Waals surface area contributed by atoms with Gasteiger partial charge in [0, 0.05) is 29.7 Å². The van der Waals surface area contributed by atoms with Crippen molar-refractivity contribution in [2.45, 2.75) is 11.8 Å². The Labute approximate surface area is 178 Å². The SMILES string of the molecule is Cc1ccnc2c(S(=O)(=O)NC(=O)c3csc(N(C)c4ccccc4)n3)cccc12. The zero-order chi connectivity index (χ0) is 21.3. The molecule has 1 N–H and O–H groups in total. The van der Waals surface area contributed by atoms with Gasteiger partial charge in [-0.1, -0.05) is 30.3 Å².